The molecule has 0 unspecified atom stereocenters. The Labute approximate surface area is 122 Å². The summed E-state index contributed by atoms with van der Waals surface area (Å²) in [5.41, 5.74) is 0.994. The molecule has 0 heterocycles. The standard InChI is InChI=1S/C16H27NO3/c1-6-17-12-13-7-8-14(18-5)11-15(13)19-9-10-20-16(2,3)4/h7-8,11,17H,6,9-10,12H2,1-5H3. The third-order valence-corrected chi connectivity index (χ3v) is 2.72. The normalized spacial score (nSPS) is 11.4. The van der Waals surface area contributed by atoms with E-state index in [2.05, 4.69) is 12.2 Å². The first-order valence-corrected chi connectivity index (χ1v) is 7.10. The smallest absolute Gasteiger partial charge is 0.127 e. The fourth-order valence-corrected chi connectivity index (χ4v) is 1.70. The minimum Gasteiger partial charge on any atom is -0.497 e. The first-order chi connectivity index (χ1) is 9.46. The predicted molar refractivity (Wildman–Crippen MR) is 81.6 cm³/mol. The Kier molecular flexibility index (Phi) is 6.82. The summed E-state index contributed by atoms with van der Waals surface area (Å²) in [6.45, 7) is 11.0. The first kappa shape index (κ1) is 16.8. The second kappa shape index (κ2) is 8.12. The molecule has 0 atom stereocenters. The summed E-state index contributed by atoms with van der Waals surface area (Å²) < 4.78 is 16.7. The molecule has 1 aromatic carbocycles. The van der Waals surface area contributed by atoms with E-state index in [1.165, 1.54) is 0 Å². The highest BCUT2D eigenvalue weighted by Crippen LogP contribution is 2.25. The molecule has 0 amide bonds. The van der Waals surface area contributed by atoms with Gasteiger partial charge in [-0.05, 0) is 33.4 Å². The molecule has 0 spiro atoms. The van der Waals surface area contributed by atoms with Crippen molar-refractivity contribution in [3.63, 3.8) is 0 Å². The van der Waals surface area contributed by atoms with E-state index in [-0.39, 0.29) is 5.60 Å². The maximum atomic E-state index is 5.83. The molecule has 0 aliphatic heterocycles. The Morgan fingerprint density at radius 3 is 2.50 bits per heavy atom. The second-order valence-electron chi connectivity index (χ2n) is 5.56. The highest BCUT2D eigenvalue weighted by atomic mass is 16.5. The lowest BCUT2D eigenvalue weighted by Crippen LogP contribution is -2.22. The molecule has 1 rings (SSSR count). The molecule has 0 saturated heterocycles. The Balaban J connectivity index is 2.60. The van der Waals surface area contributed by atoms with Crippen molar-refractivity contribution in [3.05, 3.63) is 23.8 Å². The van der Waals surface area contributed by atoms with Crippen molar-refractivity contribution in [2.45, 2.75) is 39.8 Å². The van der Waals surface area contributed by atoms with Crippen LogP contribution in [0.4, 0.5) is 0 Å². The van der Waals surface area contributed by atoms with Gasteiger partial charge in [-0.2, -0.15) is 0 Å². The first-order valence-electron chi connectivity index (χ1n) is 7.10. The van der Waals surface area contributed by atoms with Crippen molar-refractivity contribution in [2.24, 2.45) is 0 Å². The summed E-state index contributed by atoms with van der Waals surface area (Å²) >= 11 is 0. The molecule has 1 N–H and O–H groups in total. The number of ether oxygens (including phenoxy) is 3. The van der Waals surface area contributed by atoms with Crippen molar-refractivity contribution in [1.82, 2.24) is 5.32 Å². The lowest BCUT2D eigenvalue weighted by molar-refractivity contribution is -0.0164. The minimum atomic E-state index is -0.135. The van der Waals surface area contributed by atoms with Gasteiger partial charge >= 0.3 is 0 Å². The van der Waals surface area contributed by atoms with Crippen molar-refractivity contribution >= 4 is 0 Å². The van der Waals surface area contributed by atoms with Crippen LogP contribution in [0.25, 0.3) is 0 Å². The van der Waals surface area contributed by atoms with Crippen LogP contribution < -0.4 is 14.8 Å². The summed E-state index contributed by atoms with van der Waals surface area (Å²) in [6.07, 6.45) is 0. The monoisotopic (exact) mass is 281 g/mol. The van der Waals surface area contributed by atoms with Gasteiger partial charge in [-0.15, -0.1) is 0 Å². The van der Waals surface area contributed by atoms with Crippen LogP contribution in [0.3, 0.4) is 0 Å². The van der Waals surface area contributed by atoms with Gasteiger partial charge in [0, 0.05) is 18.2 Å². The molecule has 4 heteroatoms. The zero-order valence-electron chi connectivity index (χ0n) is 13.3. The number of nitrogens with one attached hydrogen (secondary N) is 1. The zero-order chi connectivity index (χ0) is 15.0. The van der Waals surface area contributed by atoms with Gasteiger partial charge in [-0.25, -0.2) is 0 Å². The Bertz CT molecular complexity index is 399. The van der Waals surface area contributed by atoms with Gasteiger partial charge in [0.2, 0.25) is 0 Å². The highest BCUT2D eigenvalue weighted by Gasteiger charge is 2.10. The molecule has 4 nitrogen and oxygen atoms in total. The van der Waals surface area contributed by atoms with Crippen LogP contribution in [0.15, 0.2) is 18.2 Å². The Morgan fingerprint density at radius 2 is 1.90 bits per heavy atom. The van der Waals surface area contributed by atoms with Crippen molar-refractivity contribution in [3.8, 4) is 11.5 Å². The van der Waals surface area contributed by atoms with Crippen LogP contribution in [-0.2, 0) is 11.3 Å². The van der Waals surface area contributed by atoms with E-state index in [1.807, 2.05) is 39.0 Å². The van der Waals surface area contributed by atoms with Gasteiger partial charge in [0.15, 0.2) is 0 Å². The predicted octanol–water partition coefficient (Wildman–Crippen LogP) is 3.00. The number of hydrogen-bond donors (Lipinski definition) is 1. The average Bonchev–Trinajstić information content (AvgIpc) is 2.40. The van der Waals surface area contributed by atoms with Gasteiger partial charge in [-0.3, -0.25) is 0 Å². The molecular weight excluding hydrogens is 254 g/mol. The summed E-state index contributed by atoms with van der Waals surface area (Å²) in [5, 5.41) is 3.31. The Hall–Kier alpha value is -1.26. The third kappa shape index (κ3) is 6.26. The average molecular weight is 281 g/mol. The van der Waals surface area contributed by atoms with Crippen LogP contribution in [0.1, 0.15) is 33.3 Å². The topological polar surface area (TPSA) is 39.7 Å². The van der Waals surface area contributed by atoms with Gasteiger partial charge in [0.1, 0.15) is 18.1 Å². The van der Waals surface area contributed by atoms with E-state index >= 15 is 0 Å². The lowest BCUT2D eigenvalue weighted by Gasteiger charge is -2.20. The van der Waals surface area contributed by atoms with Crippen LogP contribution >= 0.6 is 0 Å². The molecule has 1 aromatic rings. The third-order valence-electron chi connectivity index (χ3n) is 2.72. The highest BCUT2D eigenvalue weighted by molar-refractivity contribution is 5.40. The summed E-state index contributed by atoms with van der Waals surface area (Å²) in [7, 11) is 1.66. The maximum Gasteiger partial charge on any atom is 0.127 e. The van der Waals surface area contributed by atoms with E-state index in [1.54, 1.807) is 7.11 Å². The van der Waals surface area contributed by atoms with E-state index in [0.29, 0.717) is 13.2 Å². The molecular formula is C16H27NO3. The zero-order valence-corrected chi connectivity index (χ0v) is 13.3. The van der Waals surface area contributed by atoms with Crippen molar-refractivity contribution in [1.29, 1.82) is 0 Å². The van der Waals surface area contributed by atoms with Crippen molar-refractivity contribution < 1.29 is 14.2 Å². The maximum absolute atomic E-state index is 5.83. The molecule has 0 aromatic heterocycles. The fourth-order valence-electron chi connectivity index (χ4n) is 1.70. The quantitative estimate of drug-likeness (QED) is 0.744. The Morgan fingerprint density at radius 1 is 1.15 bits per heavy atom. The fraction of sp³-hybridized carbons (Fsp3) is 0.625. The molecule has 0 aliphatic carbocycles. The lowest BCUT2D eigenvalue weighted by atomic mass is 10.2. The van der Waals surface area contributed by atoms with E-state index < -0.39 is 0 Å². The second-order valence-corrected chi connectivity index (χ2v) is 5.56. The molecule has 0 radical (unpaired) electrons. The van der Waals surface area contributed by atoms with Gasteiger partial charge in [-0.1, -0.05) is 13.0 Å². The molecule has 20 heavy (non-hydrogen) atoms. The van der Waals surface area contributed by atoms with Crippen LogP contribution in [0.2, 0.25) is 0 Å². The molecule has 0 aliphatic rings. The van der Waals surface area contributed by atoms with Gasteiger partial charge < -0.3 is 19.5 Å². The minimum absolute atomic E-state index is 0.135. The van der Waals surface area contributed by atoms with E-state index in [0.717, 1.165) is 30.2 Å². The molecule has 0 fully saturated rings. The summed E-state index contributed by atoms with van der Waals surface area (Å²) in [4.78, 5) is 0. The van der Waals surface area contributed by atoms with Crippen LogP contribution in [-0.4, -0.2) is 32.5 Å². The van der Waals surface area contributed by atoms with Crippen LogP contribution in [0, 0.1) is 0 Å². The largest absolute Gasteiger partial charge is 0.497 e. The number of rotatable bonds is 8. The van der Waals surface area contributed by atoms with Gasteiger partial charge in [0.05, 0.1) is 19.3 Å². The van der Waals surface area contributed by atoms with E-state index in [9.17, 15) is 0 Å². The molecule has 114 valence electrons. The van der Waals surface area contributed by atoms with E-state index in [4.69, 9.17) is 14.2 Å². The SMILES string of the molecule is CCNCc1ccc(OC)cc1OCCOC(C)(C)C. The summed E-state index contributed by atoms with van der Waals surface area (Å²) in [6, 6.07) is 5.90. The molecule has 0 saturated carbocycles. The van der Waals surface area contributed by atoms with Crippen molar-refractivity contribution in [2.75, 3.05) is 26.9 Å². The number of methoxy groups -OCH3 is 1. The summed E-state index contributed by atoms with van der Waals surface area (Å²) in [5.74, 6) is 1.65. The van der Waals surface area contributed by atoms with Gasteiger partial charge in [0.25, 0.3) is 0 Å². The number of benzene rings is 1. The number of hydrogen-bond acceptors (Lipinski definition) is 4. The molecule has 0 bridgehead atoms. The van der Waals surface area contributed by atoms with Crippen LogP contribution in [0.5, 0.6) is 11.5 Å².